The number of hydrogen-bond acceptors (Lipinski definition) is 5. The summed E-state index contributed by atoms with van der Waals surface area (Å²) in [5.41, 5.74) is 34.5. The van der Waals surface area contributed by atoms with Gasteiger partial charge in [-0.3, -0.25) is 0 Å². The van der Waals surface area contributed by atoms with E-state index in [1.165, 1.54) is 122 Å². The Morgan fingerprint density at radius 1 is 0.188 bits per heavy atom. The second-order valence-corrected chi connectivity index (χ2v) is 30.4. The molecule has 24 rings (SSSR count). The van der Waals surface area contributed by atoms with Crippen molar-refractivity contribution in [3.05, 3.63) is 443 Å². The molecule has 0 unspecified atom stereocenters. The fourth-order valence-corrected chi connectivity index (χ4v) is 18.8. The molecule has 21 aromatic rings. The van der Waals surface area contributed by atoms with Crippen molar-refractivity contribution >= 4 is 153 Å². The van der Waals surface area contributed by atoms with Gasteiger partial charge < -0.3 is 27.8 Å². The number of nitrogens with zero attached hydrogens (tertiary/aromatic N) is 4. The highest BCUT2D eigenvalue weighted by Crippen LogP contribution is 2.46. The third-order valence-corrected chi connectivity index (χ3v) is 23.9. The quantitative estimate of drug-likeness (QED) is 0.135. The van der Waals surface area contributed by atoms with E-state index in [4.69, 9.17) is 8.83 Å². The van der Waals surface area contributed by atoms with Crippen molar-refractivity contribution in [2.75, 3.05) is 14.4 Å². The minimum absolute atomic E-state index is 0.0505. The van der Waals surface area contributed by atoms with Gasteiger partial charge in [0.25, 0.3) is 0 Å². The first-order valence-electron chi connectivity index (χ1n) is 40.3. The molecule has 3 aromatic heterocycles. The zero-order valence-corrected chi connectivity index (χ0v) is 64.0. The average molecular weight is 1490 g/mol. The smallest absolute Gasteiger partial charge is 0.328 e. The van der Waals surface area contributed by atoms with Gasteiger partial charge >= 0.3 is 20.5 Å². The molecule has 0 amide bonds. The monoisotopic (exact) mass is 1490 g/mol. The molecule has 6 heterocycles. The van der Waals surface area contributed by atoms with Gasteiger partial charge in [-0.25, -0.2) is 0 Å². The summed E-state index contributed by atoms with van der Waals surface area (Å²) < 4.78 is 15.1. The van der Waals surface area contributed by atoms with Crippen LogP contribution >= 0.6 is 0 Å². The topological polar surface area (TPSA) is 40.9 Å². The lowest BCUT2D eigenvalue weighted by Crippen LogP contribution is -2.57. The first-order chi connectivity index (χ1) is 58.1. The molecule has 117 heavy (non-hydrogen) atoms. The highest BCUT2D eigenvalue weighted by Gasteiger charge is 2.40. The molecule has 0 fully saturated rings. The van der Waals surface area contributed by atoms with E-state index in [1.807, 2.05) is 24.3 Å². The number of hydrogen-bond donors (Lipinski definition) is 0. The first kappa shape index (κ1) is 68.7. The van der Waals surface area contributed by atoms with Gasteiger partial charge in [-0.2, -0.15) is 0 Å². The summed E-state index contributed by atoms with van der Waals surface area (Å²) in [5.74, 6) is 0. The third kappa shape index (κ3) is 11.8. The van der Waals surface area contributed by atoms with E-state index >= 15 is 0 Å². The van der Waals surface area contributed by atoms with Crippen LogP contribution in [-0.4, -0.2) is 25.1 Å². The van der Waals surface area contributed by atoms with E-state index in [0.717, 1.165) is 71.8 Å². The van der Waals surface area contributed by atoms with Gasteiger partial charge in [0.1, 0.15) is 22.3 Å². The number of para-hydroxylation sites is 10. The summed E-state index contributed by atoms with van der Waals surface area (Å²) in [7, 11) is 0. The van der Waals surface area contributed by atoms with Crippen LogP contribution in [0.2, 0.25) is 0 Å². The van der Waals surface area contributed by atoms with Crippen LogP contribution in [0.1, 0.15) is 0 Å². The summed E-state index contributed by atoms with van der Waals surface area (Å²) in [6, 6.07) is 159. The van der Waals surface area contributed by atoms with Crippen molar-refractivity contribution < 1.29 is 8.83 Å². The lowest BCUT2D eigenvalue weighted by Gasteiger charge is -2.39. The minimum Gasteiger partial charge on any atom is -0.455 e. The molecule has 3 aliphatic heterocycles. The Hall–Kier alpha value is -15.0. The first-order valence-corrected chi connectivity index (χ1v) is 40.3. The van der Waals surface area contributed by atoms with Gasteiger partial charge in [0.2, 0.25) is 0 Å². The molecule has 0 atom stereocenters. The molecular weight excluding hydrogens is 1420 g/mol. The second-order valence-electron chi connectivity index (χ2n) is 30.4. The normalized spacial score (nSPS) is 12.5. The van der Waals surface area contributed by atoms with Crippen LogP contribution in [0.5, 0.6) is 0 Å². The van der Waals surface area contributed by atoms with Gasteiger partial charge in [-0.1, -0.05) is 368 Å². The molecular formula is C108H73B3N4O2. The Morgan fingerprint density at radius 3 is 0.949 bits per heavy atom. The largest absolute Gasteiger partial charge is 0.455 e. The zero-order valence-electron chi connectivity index (χ0n) is 64.0. The van der Waals surface area contributed by atoms with Crippen molar-refractivity contribution in [2.24, 2.45) is 0 Å². The number of anilines is 6. The van der Waals surface area contributed by atoms with Crippen LogP contribution in [0, 0.1) is 0 Å². The molecule has 0 N–H and O–H groups in total. The molecule has 0 aliphatic carbocycles. The van der Waals surface area contributed by atoms with Crippen molar-refractivity contribution in [1.29, 1.82) is 0 Å². The van der Waals surface area contributed by atoms with Crippen LogP contribution < -0.4 is 47.2 Å². The van der Waals surface area contributed by atoms with Gasteiger partial charge in [0.05, 0.1) is 11.0 Å². The van der Waals surface area contributed by atoms with Crippen molar-refractivity contribution in [1.82, 2.24) is 4.57 Å². The molecule has 9 heteroatoms. The molecule has 18 aromatic carbocycles. The van der Waals surface area contributed by atoms with E-state index in [0.29, 0.717) is 0 Å². The van der Waals surface area contributed by atoms with E-state index in [9.17, 15) is 0 Å². The van der Waals surface area contributed by atoms with Crippen molar-refractivity contribution in [2.45, 2.75) is 0 Å². The van der Waals surface area contributed by atoms with Gasteiger partial charge in [0, 0.05) is 99.9 Å². The fraction of sp³-hybridized carbons (Fsp3) is 0. The Balaban J connectivity index is 0.000000106. The molecule has 0 spiro atoms. The van der Waals surface area contributed by atoms with Crippen LogP contribution in [0.4, 0.5) is 34.1 Å². The second kappa shape index (κ2) is 29.2. The van der Waals surface area contributed by atoms with Gasteiger partial charge in [0.15, 0.2) is 0 Å². The summed E-state index contributed by atoms with van der Waals surface area (Å²) in [5, 5.41) is 7.17. The average Bonchev–Trinajstić information content (AvgIpc) is 1.62. The molecule has 0 saturated carbocycles. The Labute approximate surface area is 680 Å². The van der Waals surface area contributed by atoms with Crippen molar-refractivity contribution in [3.63, 3.8) is 0 Å². The van der Waals surface area contributed by atoms with Crippen molar-refractivity contribution in [3.8, 4) is 61.3 Å². The van der Waals surface area contributed by atoms with E-state index in [2.05, 4.69) is 438 Å². The lowest BCUT2D eigenvalue weighted by molar-refractivity contribution is 0.669. The van der Waals surface area contributed by atoms with E-state index < -0.39 is 0 Å². The summed E-state index contributed by atoms with van der Waals surface area (Å²) in [6.07, 6.45) is 0. The molecule has 0 radical (unpaired) electrons. The number of furan rings is 2. The predicted octanol–water partition coefficient (Wildman–Crippen LogP) is 24.1. The maximum absolute atomic E-state index is 6.34. The molecule has 3 aliphatic rings. The van der Waals surface area contributed by atoms with E-state index in [1.54, 1.807) is 0 Å². The fourth-order valence-electron chi connectivity index (χ4n) is 18.8. The molecule has 6 nitrogen and oxygen atoms in total. The lowest BCUT2D eigenvalue weighted by atomic mass is 9.45. The summed E-state index contributed by atoms with van der Waals surface area (Å²) in [4.78, 5) is 7.47. The molecule has 546 valence electrons. The van der Waals surface area contributed by atoms with Crippen LogP contribution in [0.15, 0.2) is 452 Å². The number of benzene rings is 18. The highest BCUT2D eigenvalue weighted by atomic mass is 16.3. The Kier molecular flexibility index (Phi) is 17.1. The molecule has 0 bridgehead atoms. The van der Waals surface area contributed by atoms with Crippen LogP contribution in [0.3, 0.4) is 0 Å². The summed E-state index contributed by atoms with van der Waals surface area (Å²) >= 11 is 0. The van der Waals surface area contributed by atoms with Crippen LogP contribution in [0.25, 0.3) is 127 Å². The molecule has 0 saturated heterocycles. The van der Waals surface area contributed by atoms with Gasteiger partial charge in [-0.05, 0) is 135 Å². The minimum atomic E-state index is 0.0505. The van der Waals surface area contributed by atoms with E-state index in [-0.39, 0.29) is 20.5 Å². The summed E-state index contributed by atoms with van der Waals surface area (Å²) in [6.45, 7) is 0.202. The zero-order chi connectivity index (χ0) is 77.3. The highest BCUT2D eigenvalue weighted by molar-refractivity contribution is 6.92. The number of rotatable bonds is 9. The number of aromatic nitrogens is 1. The SMILES string of the molecule is c1ccc(B2c3ccccc3-c3cc(-n4c5ccccc5c5ccccc54)ccc3N2c2ccccc2)cc1.c1ccc(B2c3ccccc3-c3ccccc3N2c2ccc(-c3cccc4c3oc3ccccc34)cc2)cc1.c1ccc(N2B(c3ccc(-c4cccc5c4oc4ccccc45)cc3)c3ccccc3-c3ccccc32)cc1. The predicted molar refractivity (Wildman–Crippen MR) is 496 cm³/mol. The van der Waals surface area contributed by atoms with Crippen LogP contribution in [-0.2, 0) is 0 Å². The standard InChI is InChI=1S/C36H25BN2.2C36H24BNO/c1-3-13-26(14-4-1)37-33-20-10-7-17-29(33)32-25-28(23-24-36(32)39(37)27-15-5-2-6-16-27)38-34-21-11-8-18-30(34)31-19-9-12-22-35(31)38;1-2-11-27(12-3-1)38-34-19-8-5-14-30(34)29-13-4-7-18-33(29)37(38)26-23-21-25(22-24-26)28-16-10-17-32-31-15-6-9-20-35(31)39-36(28)32;1-2-11-26(12-3-1)37-33-18-7-4-13-29(33)30-14-5-8-19-34(30)38(37)27-23-21-25(22-24-27)28-16-10-17-32-31-15-6-9-20-35(31)39-36(28)32/h1-25H;2*1-24H. The maximum Gasteiger partial charge on any atom is 0.328 e. The van der Waals surface area contributed by atoms with Gasteiger partial charge in [-0.15, -0.1) is 0 Å². The third-order valence-electron chi connectivity index (χ3n) is 23.9. The Bertz CT molecular complexity index is 6970. The number of fused-ring (bicyclic) bond motifs is 18. The maximum atomic E-state index is 6.34. The Morgan fingerprint density at radius 2 is 0.496 bits per heavy atom.